The van der Waals surface area contributed by atoms with Crippen molar-refractivity contribution in [3.8, 4) is 5.75 Å². The van der Waals surface area contributed by atoms with Gasteiger partial charge in [0.1, 0.15) is 5.75 Å². The van der Waals surface area contributed by atoms with Crippen LogP contribution >= 0.6 is 0 Å². The summed E-state index contributed by atoms with van der Waals surface area (Å²) in [6.07, 6.45) is 9.19. The van der Waals surface area contributed by atoms with Gasteiger partial charge in [0.05, 0.1) is 6.61 Å². The van der Waals surface area contributed by atoms with E-state index in [0.717, 1.165) is 31.2 Å². The van der Waals surface area contributed by atoms with Crippen LogP contribution in [0.15, 0.2) is 24.3 Å². The third-order valence-electron chi connectivity index (χ3n) is 4.42. The highest BCUT2D eigenvalue weighted by atomic mass is 16.5. The molecule has 0 amide bonds. The predicted octanol–water partition coefficient (Wildman–Crippen LogP) is 5.10. The minimum atomic E-state index is 0.484. The van der Waals surface area contributed by atoms with Crippen LogP contribution in [0.4, 0.5) is 0 Å². The minimum Gasteiger partial charge on any atom is -0.494 e. The van der Waals surface area contributed by atoms with Crippen LogP contribution in [0.3, 0.4) is 0 Å². The maximum Gasteiger partial charge on any atom is 0.119 e. The van der Waals surface area contributed by atoms with E-state index >= 15 is 0 Å². The second-order valence-corrected chi connectivity index (χ2v) is 6.31. The fourth-order valence-corrected chi connectivity index (χ4v) is 3.28. The molecular formula is C19H31NO. The van der Waals surface area contributed by atoms with Crippen LogP contribution in [-0.4, -0.2) is 13.2 Å². The van der Waals surface area contributed by atoms with Crippen LogP contribution in [0.25, 0.3) is 0 Å². The molecule has 0 spiro atoms. The Bertz CT molecular complexity index is 398. The number of benzene rings is 1. The SMILES string of the molecule is CCCNC(CC1CCCC1)c1cccc(OCCC)c1. The Morgan fingerprint density at radius 3 is 2.71 bits per heavy atom. The number of rotatable bonds is 9. The van der Waals surface area contributed by atoms with Crippen molar-refractivity contribution in [1.29, 1.82) is 0 Å². The maximum atomic E-state index is 5.79. The molecule has 118 valence electrons. The molecule has 1 saturated carbocycles. The summed E-state index contributed by atoms with van der Waals surface area (Å²) < 4.78 is 5.79. The quantitative estimate of drug-likeness (QED) is 0.683. The lowest BCUT2D eigenvalue weighted by atomic mass is 9.93. The molecule has 21 heavy (non-hydrogen) atoms. The molecule has 1 fully saturated rings. The van der Waals surface area contributed by atoms with Crippen LogP contribution in [0.1, 0.15) is 70.4 Å². The van der Waals surface area contributed by atoms with Gasteiger partial charge in [-0.3, -0.25) is 0 Å². The lowest BCUT2D eigenvalue weighted by molar-refractivity contribution is 0.316. The van der Waals surface area contributed by atoms with Gasteiger partial charge in [0.2, 0.25) is 0 Å². The molecule has 0 aliphatic heterocycles. The average molecular weight is 289 g/mol. The van der Waals surface area contributed by atoms with Crippen molar-refractivity contribution in [1.82, 2.24) is 5.32 Å². The van der Waals surface area contributed by atoms with E-state index in [1.54, 1.807) is 0 Å². The molecule has 1 unspecified atom stereocenters. The molecular weight excluding hydrogens is 258 g/mol. The van der Waals surface area contributed by atoms with Gasteiger partial charge in [-0.2, -0.15) is 0 Å². The summed E-state index contributed by atoms with van der Waals surface area (Å²) in [5.41, 5.74) is 1.39. The summed E-state index contributed by atoms with van der Waals surface area (Å²) in [6.45, 7) is 6.28. The molecule has 2 heteroatoms. The standard InChI is InChI=1S/C19H31NO/c1-3-12-20-19(14-16-8-5-6-9-16)17-10-7-11-18(15-17)21-13-4-2/h7,10-11,15-16,19-20H,3-6,8-9,12-14H2,1-2H3. The number of nitrogens with one attached hydrogen (secondary N) is 1. The summed E-state index contributed by atoms with van der Waals surface area (Å²) >= 11 is 0. The van der Waals surface area contributed by atoms with Gasteiger partial charge in [-0.15, -0.1) is 0 Å². The lowest BCUT2D eigenvalue weighted by Crippen LogP contribution is -2.24. The summed E-state index contributed by atoms with van der Waals surface area (Å²) in [7, 11) is 0. The van der Waals surface area contributed by atoms with Crippen LogP contribution in [0.2, 0.25) is 0 Å². The largest absolute Gasteiger partial charge is 0.494 e. The van der Waals surface area contributed by atoms with Crippen molar-refractivity contribution in [2.24, 2.45) is 5.92 Å². The highest BCUT2D eigenvalue weighted by Gasteiger charge is 2.21. The first-order chi connectivity index (χ1) is 10.3. The van der Waals surface area contributed by atoms with E-state index in [0.29, 0.717) is 6.04 Å². The first kappa shape index (κ1) is 16.4. The predicted molar refractivity (Wildman–Crippen MR) is 89.8 cm³/mol. The van der Waals surface area contributed by atoms with Gasteiger partial charge in [-0.1, -0.05) is 51.7 Å². The van der Waals surface area contributed by atoms with Gasteiger partial charge in [-0.05, 0) is 49.4 Å². The smallest absolute Gasteiger partial charge is 0.119 e. The normalized spacial score (nSPS) is 17.0. The fraction of sp³-hybridized carbons (Fsp3) is 0.684. The zero-order valence-corrected chi connectivity index (χ0v) is 13.7. The Hall–Kier alpha value is -1.02. The summed E-state index contributed by atoms with van der Waals surface area (Å²) in [4.78, 5) is 0. The Balaban J connectivity index is 2.03. The van der Waals surface area contributed by atoms with E-state index in [2.05, 4.69) is 43.4 Å². The molecule has 0 aromatic heterocycles. The minimum absolute atomic E-state index is 0.484. The third-order valence-corrected chi connectivity index (χ3v) is 4.42. The van der Waals surface area contributed by atoms with Crippen molar-refractivity contribution >= 4 is 0 Å². The van der Waals surface area contributed by atoms with Crippen molar-refractivity contribution in [3.63, 3.8) is 0 Å². The fourth-order valence-electron chi connectivity index (χ4n) is 3.28. The van der Waals surface area contributed by atoms with E-state index in [-0.39, 0.29) is 0 Å². The highest BCUT2D eigenvalue weighted by Crippen LogP contribution is 2.33. The van der Waals surface area contributed by atoms with Gasteiger partial charge in [-0.25, -0.2) is 0 Å². The van der Waals surface area contributed by atoms with Crippen LogP contribution in [-0.2, 0) is 0 Å². The van der Waals surface area contributed by atoms with Gasteiger partial charge in [0.15, 0.2) is 0 Å². The molecule has 0 bridgehead atoms. The zero-order valence-electron chi connectivity index (χ0n) is 13.7. The van der Waals surface area contributed by atoms with E-state index in [9.17, 15) is 0 Å². The van der Waals surface area contributed by atoms with Crippen molar-refractivity contribution in [3.05, 3.63) is 29.8 Å². The molecule has 1 aromatic carbocycles. The van der Waals surface area contributed by atoms with E-state index in [1.165, 1.54) is 44.1 Å². The summed E-state index contributed by atoms with van der Waals surface area (Å²) in [6, 6.07) is 9.18. The number of ether oxygens (including phenoxy) is 1. The first-order valence-electron chi connectivity index (χ1n) is 8.79. The second kappa shape index (κ2) is 9.09. The molecule has 1 N–H and O–H groups in total. The van der Waals surface area contributed by atoms with Crippen molar-refractivity contribution in [2.75, 3.05) is 13.2 Å². The Morgan fingerprint density at radius 1 is 1.19 bits per heavy atom. The topological polar surface area (TPSA) is 21.3 Å². The van der Waals surface area contributed by atoms with Crippen molar-refractivity contribution < 1.29 is 4.74 Å². The Kier molecular flexibility index (Phi) is 7.08. The van der Waals surface area contributed by atoms with Gasteiger partial charge < -0.3 is 10.1 Å². The van der Waals surface area contributed by atoms with Crippen LogP contribution < -0.4 is 10.1 Å². The van der Waals surface area contributed by atoms with Crippen LogP contribution in [0.5, 0.6) is 5.75 Å². The van der Waals surface area contributed by atoms with Gasteiger partial charge >= 0.3 is 0 Å². The monoisotopic (exact) mass is 289 g/mol. The van der Waals surface area contributed by atoms with Crippen molar-refractivity contribution in [2.45, 2.75) is 64.8 Å². The molecule has 1 aliphatic rings. The molecule has 2 rings (SSSR count). The summed E-state index contributed by atoms with van der Waals surface area (Å²) in [5.74, 6) is 1.92. The number of hydrogen-bond donors (Lipinski definition) is 1. The van der Waals surface area contributed by atoms with E-state index in [1.807, 2.05) is 0 Å². The Morgan fingerprint density at radius 2 is 2.00 bits per heavy atom. The van der Waals surface area contributed by atoms with Crippen LogP contribution in [0, 0.1) is 5.92 Å². The number of hydrogen-bond acceptors (Lipinski definition) is 2. The molecule has 1 aliphatic carbocycles. The van der Waals surface area contributed by atoms with E-state index in [4.69, 9.17) is 4.74 Å². The highest BCUT2D eigenvalue weighted by molar-refractivity contribution is 5.30. The Labute approximate surface area is 130 Å². The molecule has 1 atom stereocenters. The molecule has 0 radical (unpaired) electrons. The second-order valence-electron chi connectivity index (χ2n) is 6.31. The third kappa shape index (κ3) is 5.35. The molecule has 1 aromatic rings. The average Bonchev–Trinajstić information content (AvgIpc) is 3.02. The summed E-state index contributed by atoms with van der Waals surface area (Å²) in [5, 5.41) is 3.74. The lowest BCUT2D eigenvalue weighted by Gasteiger charge is -2.23. The zero-order chi connectivity index (χ0) is 14.9. The van der Waals surface area contributed by atoms with Gasteiger partial charge in [0.25, 0.3) is 0 Å². The maximum absolute atomic E-state index is 5.79. The first-order valence-corrected chi connectivity index (χ1v) is 8.79. The molecule has 0 saturated heterocycles. The molecule has 2 nitrogen and oxygen atoms in total. The van der Waals surface area contributed by atoms with E-state index < -0.39 is 0 Å². The van der Waals surface area contributed by atoms with Gasteiger partial charge in [0, 0.05) is 6.04 Å². The molecule has 0 heterocycles.